The topological polar surface area (TPSA) is 76.5 Å². The van der Waals surface area contributed by atoms with E-state index in [2.05, 4.69) is 10.3 Å². The largest absolute Gasteiger partial charge is 0.462 e. The van der Waals surface area contributed by atoms with Gasteiger partial charge >= 0.3 is 5.97 Å². The number of esters is 1. The lowest BCUT2D eigenvalue weighted by molar-refractivity contribution is 0.0524. The summed E-state index contributed by atoms with van der Waals surface area (Å²) < 4.78 is 34.8. The average Bonchev–Trinajstić information content (AvgIpc) is 2.75. The standard InChI is InChI=1S/C21H20F2N4O3/c1-2-30-21(29)15-12-27(19-4-3-13(22)11-25-19)17-10-18(26-7-5-24-6-8-26)16(23)9-14(17)20(15)28/h3-4,9-12,24H,2,5-8H2,1H3. The molecule has 0 saturated carbocycles. The molecule has 1 saturated heterocycles. The summed E-state index contributed by atoms with van der Waals surface area (Å²) in [5, 5.41) is 3.23. The summed E-state index contributed by atoms with van der Waals surface area (Å²) in [5.41, 5.74) is -0.164. The smallest absolute Gasteiger partial charge is 0.343 e. The molecule has 156 valence electrons. The van der Waals surface area contributed by atoms with Gasteiger partial charge in [0, 0.05) is 32.4 Å². The van der Waals surface area contributed by atoms with Crippen molar-refractivity contribution in [3.63, 3.8) is 0 Å². The van der Waals surface area contributed by atoms with Gasteiger partial charge in [0.05, 0.1) is 29.4 Å². The van der Waals surface area contributed by atoms with Crippen LogP contribution in [0.5, 0.6) is 0 Å². The predicted octanol–water partition coefficient (Wildman–Crippen LogP) is 2.25. The fourth-order valence-corrected chi connectivity index (χ4v) is 3.54. The molecule has 0 aliphatic carbocycles. The highest BCUT2D eigenvalue weighted by Gasteiger charge is 2.22. The monoisotopic (exact) mass is 414 g/mol. The summed E-state index contributed by atoms with van der Waals surface area (Å²) in [7, 11) is 0. The van der Waals surface area contributed by atoms with Crippen LogP contribution in [0.15, 0.2) is 41.5 Å². The molecule has 7 nitrogen and oxygen atoms in total. The molecular formula is C21H20F2N4O3. The Labute approximate surface area is 170 Å². The molecule has 1 N–H and O–H groups in total. The molecule has 4 rings (SSSR count). The van der Waals surface area contributed by atoms with Crippen molar-refractivity contribution >= 4 is 22.6 Å². The SMILES string of the molecule is CCOC(=O)c1cn(-c2ccc(F)cn2)c2cc(N3CCNCC3)c(F)cc2c1=O. The fourth-order valence-electron chi connectivity index (χ4n) is 3.54. The molecule has 0 unspecified atom stereocenters. The summed E-state index contributed by atoms with van der Waals surface area (Å²) in [6.45, 7) is 4.36. The molecule has 1 aromatic carbocycles. The zero-order valence-electron chi connectivity index (χ0n) is 16.3. The predicted molar refractivity (Wildman–Crippen MR) is 108 cm³/mol. The number of rotatable bonds is 4. The van der Waals surface area contributed by atoms with Gasteiger partial charge < -0.3 is 19.5 Å². The van der Waals surface area contributed by atoms with E-state index in [1.54, 1.807) is 13.0 Å². The van der Waals surface area contributed by atoms with Crippen LogP contribution < -0.4 is 15.6 Å². The van der Waals surface area contributed by atoms with Gasteiger partial charge in [0.2, 0.25) is 5.43 Å². The Morgan fingerprint density at radius 1 is 1.23 bits per heavy atom. The molecule has 0 spiro atoms. The fraction of sp³-hybridized carbons (Fsp3) is 0.286. The zero-order valence-corrected chi connectivity index (χ0v) is 16.3. The number of hydrogen-bond acceptors (Lipinski definition) is 6. The van der Waals surface area contributed by atoms with E-state index in [0.717, 1.165) is 12.3 Å². The van der Waals surface area contributed by atoms with E-state index in [1.165, 1.54) is 22.9 Å². The first kappa shape index (κ1) is 20.0. The van der Waals surface area contributed by atoms with Gasteiger partial charge in [0.15, 0.2) is 0 Å². The molecule has 0 radical (unpaired) electrons. The van der Waals surface area contributed by atoms with E-state index in [4.69, 9.17) is 4.74 Å². The molecule has 0 bridgehead atoms. The number of aromatic nitrogens is 2. The second-order valence-corrected chi connectivity index (χ2v) is 6.85. The quantitative estimate of drug-likeness (QED) is 0.660. The molecule has 2 aromatic heterocycles. The van der Waals surface area contributed by atoms with Gasteiger partial charge in [-0.3, -0.25) is 4.79 Å². The van der Waals surface area contributed by atoms with E-state index in [0.29, 0.717) is 37.4 Å². The highest BCUT2D eigenvalue weighted by Crippen LogP contribution is 2.27. The molecule has 1 fully saturated rings. The third-order valence-corrected chi connectivity index (χ3v) is 4.98. The molecule has 1 aliphatic heterocycles. The molecule has 30 heavy (non-hydrogen) atoms. The van der Waals surface area contributed by atoms with Crippen molar-refractivity contribution in [1.29, 1.82) is 0 Å². The van der Waals surface area contributed by atoms with Gasteiger partial charge in [-0.1, -0.05) is 0 Å². The van der Waals surface area contributed by atoms with Gasteiger partial charge in [0.1, 0.15) is 23.0 Å². The third-order valence-electron chi connectivity index (χ3n) is 4.98. The Morgan fingerprint density at radius 2 is 2.00 bits per heavy atom. The molecule has 0 amide bonds. The Bertz CT molecular complexity index is 1160. The van der Waals surface area contributed by atoms with Crippen LogP contribution in [-0.2, 0) is 4.74 Å². The number of nitrogens with one attached hydrogen (secondary N) is 1. The van der Waals surface area contributed by atoms with E-state index in [1.807, 2.05) is 4.90 Å². The van der Waals surface area contributed by atoms with Crippen molar-refractivity contribution in [3.05, 3.63) is 64.1 Å². The summed E-state index contributed by atoms with van der Waals surface area (Å²) in [5.74, 6) is -1.61. The van der Waals surface area contributed by atoms with Crippen LogP contribution in [0, 0.1) is 11.6 Å². The summed E-state index contributed by atoms with van der Waals surface area (Å²) >= 11 is 0. The average molecular weight is 414 g/mol. The maximum absolute atomic E-state index is 15.0. The second-order valence-electron chi connectivity index (χ2n) is 6.85. The van der Waals surface area contributed by atoms with Crippen LogP contribution in [0.2, 0.25) is 0 Å². The minimum absolute atomic E-state index is 0.0167. The maximum Gasteiger partial charge on any atom is 0.343 e. The van der Waals surface area contributed by atoms with E-state index in [9.17, 15) is 18.4 Å². The number of fused-ring (bicyclic) bond motifs is 1. The van der Waals surface area contributed by atoms with Gasteiger partial charge in [-0.15, -0.1) is 0 Å². The molecule has 0 atom stereocenters. The highest BCUT2D eigenvalue weighted by atomic mass is 19.1. The van der Waals surface area contributed by atoms with Crippen molar-refractivity contribution in [1.82, 2.24) is 14.9 Å². The van der Waals surface area contributed by atoms with Crippen molar-refractivity contribution < 1.29 is 18.3 Å². The van der Waals surface area contributed by atoms with E-state index < -0.39 is 23.0 Å². The Morgan fingerprint density at radius 3 is 2.67 bits per heavy atom. The first-order valence-electron chi connectivity index (χ1n) is 9.63. The van der Waals surface area contributed by atoms with E-state index in [-0.39, 0.29) is 23.4 Å². The van der Waals surface area contributed by atoms with Crippen LogP contribution in [0.1, 0.15) is 17.3 Å². The molecule has 3 aromatic rings. The van der Waals surface area contributed by atoms with Crippen molar-refractivity contribution in [3.8, 4) is 5.82 Å². The van der Waals surface area contributed by atoms with Gasteiger partial charge in [0.25, 0.3) is 0 Å². The number of nitrogens with zero attached hydrogens (tertiary/aromatic N) is 3. The summed E-state index contributed by atoms with van der Waals surface area (Å²) in [6, 6.07) is 5.34. The Balaban J connectivity index is 1.98. The molecule has 1 aliphatic rings. The number of carbonyl (C=O) groups excluding carboxylic acids is 1. The van der Waals surface area contributed by atoms with Crippen LogP contribution in [0.4, 0.5) is 14.5 Å². The Hall–Kier alpha value is -3.33. The number of hydrogen-bond donors (Lipinski definition) is 1. The molecule has 9 heteroatoms. The van der Waals surface area contributed by atoms with Crippen molar-refractivity contribution in [2.45, 2.75) is 6.92 Å². The number of carbonyl (C=O) groups is 1. The second kappa shape index (κ2) is 8.19. The highest BCUT2D eigenvalue weighted by molar-refractivity contribution is 5.95. The minimum atomic E-state index is -0.813. The van der Waals surface area contributed by atoms with Gasteiger partial charge in [-0.2, -0.15) is 0 Å². The number of anilines is 1. The summed E-state index contributed by atoms with van der Waals surface area (Å²) in [6.07, 6.45) is 2.34. The minimum Gasteiger partial charge on any atom is -0.462 e. The van der Waals surface area contributed by atoms with Crippen molar-refractivity contribution in [2.75, 3.05) is 37.7 Å². The lowest BCUT2D eigenvalue weighted by atomic mass is 10.1. The lowest BCUT2D eigenvalue weighted by Crippen LogP contribution is -2.43. The Kier molecular flexibility index (Phi) is 5.45. The zero-order chi connectivity index (χ0) is 21.3. The number of ether oxygens (including phenoxy) is 1. The molecular weight excluding hydrogens is 394 g/mol. The van der Waals surface area contributed by atoms with Crippen LogP contribution in [0.3, 0.4) is 0 Å². The number of benzene rings is 1. The first-order valence-corrected chi connectivity index (χ1v) is 9.63. The third kappa shape index (κ3) is 3.63. The number of pyridine rings is 2. The van der Waals surface area contributed by atoms with E-state index >= 15 is 0 Å². The van der Waals surface area contributed by atoms with Crippen LogP contribution >= 0.6 is 0 Å². The van der Waals surface area contributed by atoms with Crippen LogP contribution in [0.25, 0.3) is 16.7 Å². The van der Waals surface area contributed by atoms with Crippen LogP contribution in [-0.4, -0.2) is 48.3 Å². The van der Waals surface area contributed by atoms with Gasteiger partial charge in [-0.25, -0.2) is 18.6 Å². The normalized spacial score (nSPS) is 14.2. The van der Waals surface area contributed by atoms with Crippen molar-refractivity contribution in [2.24, 2.45) is 0 Å². The first-order chi connectivity index (χ1) is 14.5. The number of halogens is 2. The summed E-state index contributed by atoms with van der Waals surface area (Å²) in [4.78, 5) is 31.2. The maximum atomic E-state index is 15.0. The van der Waals surface area contributed by atoms with Gasteiger partial charge in [-0.05, 0) is 31.2 Å². The molecule has 3 heterocycles. The lowest BCUT2D eigenvalue weighted by Gasteiger charge is -2.30. The number of piperazine rings is 1.